The maximum atomic E-state index is 12.8. The van der Waals surface area contributed by atoms with Gasteiger partial charge in [-0.15, -0.1) is 0 Å². The number of nitrogens with one attached hydrogen (secondary N) is 1. The first-order valence-corrected chi connectivity index (χ1v) is 4.35. The average Bonchev–Trinajstić information content (AvgIpc) is 2.17. The van der Waals surface area contributed by atoms with Crippen LogP contribution in [0.1, 0.15) is 0 Å². The number of rotatable bonds is 2. The van der Waals surface area contributed by atoms with Crippen molar-refractivity contribution >= 4 is 17.5 Å². The molecular formula is C10H9FN4. The molecule has 76 valence electrons. The van der Waals surface area contributed by atoms with Crippen LogP contribution >= 0.6 is 0 Å². The number of anilines is 3. The van der Waals surface area contributed by atoms with E-state index in [2.05, 4.69) is 15.3 Å². The van der Waals surface area contributed by atoms with Crippen molar-refractivity contribution in [1.82, 2.24) is 9.97 Å². The summed E-state index contributed by atoms with van der Waals surface area (Å²) in [6.07, 6.45) is 1.53. The number of nitrogens with two attached hydrogens (primary N) is 1. The van der Waals surface area contributed by atoms with E-state index in [0.29, 0.717) is 17.5 Å². The van der Waals surface area contributed by atoms with Gasteiger partial charge in [0.15, 0.2) is 0 Å². The molecule has 2 aromatic rings. The number of hydrogen-bond donors (Lipinski definition) is 2. The van der Waals surface area contributed by atoms with Gasteiger partial charge in [0.1, 0.15) is 11.6 Å². The quantitative estimate of drug-likeness (QED) is 0.784. The van der Waals surface area contributed by atoms with Gasteiger partial charge in [0.2, 0.25) is 5.95 Å². The van der Waals surface area contributed by atoms with Crippen LogP contribution < -0.4 is 11.1 Å². The summed E-state index contributed by atoms with van der Waals surface area (Å²) in [5.41, 5.74) is 6.06. The van der Waals surface area contributed by atoms with E-state index in [-0.39, 0.29) is 5.82 Å². The van der Waals surface area contributed by atoms with Gasteiger partial charge in [0, 0.05) is 11.9 Å². The zero-order valence-corrected chi connectivity index (χ0v) is 7.81. The van der Waals surface area contributed by atoms with Gasteiger partial charge in [-0.05, 0) is 24.3 Å². The van der Waals surface area contributed by atoms with E-state index in [9.17, 15) is 4.39 Å². The highest BCUT2D eigenvalue weighted by Gasteiger charge is 1.98. The van der Waals surface area contributed by atoms with E-state index in [0.717, 1.165) is 0 Å². The summed E-state index contributed by atoms with van der Waals surface area (Å²) < 4.78 is 12.8. The third-order valence-electron chi connectivity index (χ3n) is 1.76. The first-order chi connectivity index (χ1) is 7.24. The fourth-order valence-corrected chi connectivity index (χ4v) is 1.13. The minimum Gasteiger partial charge on any atom is -0.384 e. The standard InChI is InChI=1S/C10H9FN4/c11-7-2-1-3-8(6-7)14-10-13-5-4-9(12)15-10/h1-6H,(H3,12,13,14,15). The van der Waals surface area contributed by atoms with Crippen molar-refractivity contribution in [2.45, 2.75) is 0 Å². The molecule has 0 spiro atoms. The average molecular weight is 204 g/mol. The lowest BCUT2D eigenvalue weighted by molar-refractivity contribution is 0.628. The lowest BCUT2D eigenvalue weighted by Gasteiger charge is -2.04. The van der Waals surface area contributed by atoms with Crippen molar-refractivity contribution in [3.63, 3.8) is 0 Å². The minimum absolute atomic E-state index is 0.316. The number of nitrogens with zero attached hydrogens (tertiary/aromatic N) is 2. The highest BCUT2D eigenvalue weighted by Crippen LogP contribution is 2.13. The summed E-state index contributed by atoms with van der Waals surface area (Å²) in [5.74, 6) is 0.397. The summed E-state index contributed by atoms with van der Waals surface area (Å²) in [7, 11) is 0. The van der Waals surface area contributed by atoms with Crippen LogP contribution in [0.4, 0.5) is 21.8 Å². The maximum absolute atomic E-state index is 12.8. The van der Waals surface area contributed by atoms with E-state index in [1.807, 2.05) is 0 Å². The number of aromatic nitrogens is 2. The molecule has 0 amide bonds. The largest absolute Gasteiger partial charge is 0.384 e. The van der Waals surface area contributed by atoms with Gasteiger partial charge in [0.05, 0.1) is 0 Å². The molecule has 4 nitrogen and oxygen atoms in total. The van der Waals surface area contributed by atoms with Gasteiger partial charge in [-0.2, -0.15) is 4.98 Å². The summed E-state index contributed by atoms with van der Waals surface area (Å²) in [5, 5.41) is 2.84. The number of nitrogen functional groups attached to an aromatic ring is 1. The second-order valence-corrected chi connectivity index (χ2v) is 2.94. The second-order valence-electron chi connectivity index (χ2n) is 2.94. The summed E-state index contributed by atoms with van der Waals surface area (Å²) in [4.78, 5) is 7.87. The van der Waals surface area contributed by atoms with Gasteiger partial charge in [-0.1, -0.05) is 6.07 Å². The third-order valence-corrected chi connectivity index (χ3v) is 1.76. The van der Waals surface area contributed by atoms with Crippen LogP contribution in [-0.2, 0) is 0 Å². The van der Waals surface area contributed by atoms with Gasteiger partial charge in [-0.3, -0.25) is 0 Å². The molecule has 0 aliphatic heterocycles. The summed E-state index contributed by atoms with van der Waals surface area (Å²) >= 11 is 0. The molecule has 0 atom stereocenters. The molecule has 0 fully saturated rings. The summed E-state index contributed by atoms with van der Waals surface area (Å²) in [6, 6.07) is 7.62. The predicted octanol–water partition coefficient (Wildman–Crippen LogP) is 1.94. The SMILES string of the molecule is Nc1ccnc(Nc2cccc(F)c2)n1. The Bertz CT molecular complexity index is 429. The van der Waals surface area contributed by atoms with E-state index >= 15 is 0 Å². The summed E-state index contributed by atoms with van der Waals surface area (Å²) in [6.45, 7) is 0. The zero-order chi connectivity index (χ0) is 10.7. The Kier molecular flexibility index (Phi) is 2.45. The molecule has 0 saturated heterocycles. The minimum atomic E-state index is -0.316. The second kappa shape index (κ2) is 3.91. The van der Waals surface area contributed by atoms with Crippen LogP contribution in [0, 0.1) is 5.82 Å². The predicted molar refractivity (Wildman–Crippen MR) is 56.1 cm³/mol. The van der Waals surface area contributed by atoms with Crippen LogP contribution in [-0.4, -0.2) is 9.97 Å². The van der Waals surface area contributed by atoms with Gasteiger partial charge in [0.25, 0.3) is 0 Å². The first-order valence-electron chi connectivity index (χ1n) is 4.35. The molecule has 15 heavy (non-hydrogen) atoms. The molecule has 0 radical (unpaired) electrons. The van der Waals surface area contributed by atoms with Crippen molar-refractivity contribution in [3.8, 4) is 0 Å². The molecule has 0 aliphatic rings. The lowest BCUT2D eigenvalue weighted by Crippen LogP contribution is -1.99. The Morgan fingerprint density at radius 2 is 2.13 bits per heavy atom. The maximum Gasteiger partial charge on any atom is 0.229 e. The lowest BCUT2D eigenvalue weighted by atomic mass is 10.3. The van der Waals surface area contributed by atoms with Crippen LogP contribution in [0.25, 0.3) is 0 Å². The van der Waals surface area contributed by atoms with Crippen molar-refractivity contribution in [3.05, 3.63) is 42.3 Å². The zero-order valence-electron chi connectivity index (χ0n) is 7.81. The van der Waals surface area contributed by atoms with E-state index < -0.39 is 0 Å². The number of halogens is 1. The smallest absolute Gasteiger partial charge is 0.229 e. The molecule has 3 N–H and O–H groups in total. The Balaban J connectivity index is 2.22. The van der Waals surface area contributed by atoms with Gasteiger partial charge >= 0.3 is 0 Å². The number of benzene rings is 1. The molecule has 0 saturated carbocycles. The van der Waals surface area contributed by atoms with Crippen molar-refractivity contribution < 1.29 is 4.39 Å². The van der Waals surface area contributed by atoms with E-state index in [1.54, 1.807) is 18.2 Å². The van der Waals surface area contributed by atoms with E-state index in [4.69, 9.17) is 5.73 Å². The Labute approximate surface area is 86.0 Å². The Morgan fingerprint density at radius 3 is 2.87 bits per heavy atom. The molecule has 0 bridgehead atoms. The molecule has 5 heteroatoms. The normalized spacial score (nSPS) is 9.93. The van der Waals surface area contributed by atoms with Gasteiger partial charge in [-0.25, -0.2) is 9.37 Å². The Hall–Kier alpha value is -2.17. The third kappa shape index (κ3) is 2.40. The monoisotopic (exact) mass is 204 g/mol. The first kappa shape index (κ1) is 9.39. The fraction of sp³-hybridized carbons (Fsp3) is 0. The van der Waals surface area contributed by atoms with Crippen molar-refractivity contribution in [2.75, 3.05) is 11.1 Å². The molecule has 1 heterocycles. The molecule has 2 rings (SSSR count). The van der Waals surface area contributed by atoms with Crippen LogP contribution in [0.2, 0.25) is 0 Å². The molecule has 1 aromatic heterocycles. The molecule has 0 aliphatic carbocycles. The van der Waals surface area contributed by atoms with E-state index in [1.165, 1.54) is 18.3 Å². The molecule has 0 unspecified atom stereocenters. The van der Waals surface area contributed by atoms with Crippen LogP contribution in [0.15, 0.2) is 36.5 Å². The molecule has 1 aromatic carbocycles. The van der Waals surface area contributed by atoms with Crippen molar-refractivity contribution in [2.24, 2.45) is 0 Å². The van der Waals surface area contributed by atoms with Gasteiger partial charge < -0.3 is 11.1 Å². The molecular weight excluding hydrogens is 195 g/mol. The van der Waals surface area contributed by atoms with Crippen LogP contribution in [0.5, 0.6) is 0 Å². The van der Waals surface area contributed by atoms with Crippen LogP contribution in [0.3, 0.4) is 0 Å². The highest BCUT2D eigenvalue weighted by atomic mass is 19.1. The topological polar surface area (TPSA) is 63.8 Å². The fourth-order valence-electron chi connectivity index (χ4n) is 1.13. The Morgan fingerprint density at radius 1 is 1.27 bits per heavy atom. The highest BCUT2D eigenvalue weighted by molar-refractivity contribution is 5.53. The van der Waals surface area contributed by atoms with Crippen molar-refractivity contribution in [1.29, 1.82) is 0 Å². The number of hydrogen-bond acceptors (Lipinski definition) is 4.